The molecule has 3 N–H and O–H groups in total. The lowest BCUT2D eigenvalue weighted by atomic mass is 9.85. The molecule has 0 aromatic rings. The molecule has 0 heterocycles. The van der Waals surface area contributed by atoms with Gasteiger partial charge in [-0.05, 0) is 43.9 Å². The summed E-state index contributed by atoms with van der Waals surface area (Å²) in [6, 6.07) is 0. The molecule has 2 heteroatoms. The Hall–Kier alpha value is -1.05. The van der Waals surface area contributed by atoms with Gasteiger partial charge in [0.15, 0.2) is 0 Å². The van der Waals surface area contributed by atoms with Crippen LogP contribution in [0.4, 0.5) is 0 Å². The quantitative estimate of drug-likeness (QED) is 0.514. The van der Waals surface area contributed by atoms with E-state index in [1.807, 2.05) is 13.8 Å². The van der Waals surface area contributed by atoms with Gasteiger partial charge in [-0.25, -0.2) is 0 Å². The fourth-order valence-corrected chi connectivity index (χ4v) is 1.57. The van der Waals surface area contributed by atoms with Crippen molar-refractivity contribution in [2.45, 2.75) is 40.0 Å². The average molecular weight is 194 g/mol. The summed E-state index contributed by atoms with van der Waals surface area (Å²) in [5, 5.41) is 7.15. The number of nitrogens with two attached hydrogens (primary N) is 1. The first-order valence-electron chi connectivity index (χ1n) is 5.36. The number of rotatable bonds is 2. The zero-order chi connectivity index (χ0) is 11.0. The Labute approximate surface area is 87.4 Å². The highest BCUT2D eigenvalue weighted by Gasteiger charge is 2.14. The highest BCUT2D eigenvalue weighted by atomic mass is 14.5. The molecule has 0 saturated heterocycles. The van der Waals surface area contributed by atoms with Gasteiger partial charge in [0.25, 0.3) is 0 Å². The molecule has 0 aliphatic heterocycles. The Balaban J connectivity index is 0.000000791. The van der Waals surface area contributed by atoms with E-state index in [4.69, 9.17) is 11.1 Å². The van der Waals surface area contributed by atoms with Crippen LogP contribution in [0.15, 0.2) is 23.4 Å². The molecule has 0 aromatic heterocycles. The topological polar surface area (TPSA) is 49.9 Å². The summed E-state index contributed by atoms with van der Waals surface area (Å²) in [4.78, 5) is 0. The molecule has 0 fully saturated rings. The van der Waals surface area contributed by atoms with Crippen LogP contribution in [-0.2, 0) is 0 Å². The van der Waals surface area contributed by atoms with E-state index in [1.54, 1.807) is 6.20 Å². The van der Waals surface area contributed by atoms with Crippen molar-refractivity contribution in [2.24, 2.45) is 11.7 Å². The molecule has 0 amide bonds. The van der Waals surface area contributed by atoms with Gasteiger partial charge in [-0.3, -0.25) is 0 Å². The van der Waals surface area contributed by atoms with E-state index in [0.29, 0.717) is 5.92 Å². The van der Waals surface area contributed by atoms with Gasteiger partial charge < -0.3 is 11.1 Å². The maximum atomic E-state index is 7.15. The normalized spacial score (nSPS) is 21.8. The van der Waals surface area contributed by atoms with Crippen LogP contribution in [0.1, 0.15) is 40.0 Å². The van der Waals surface area contributed by atoms with E-state index in [1.165, 1.54) is 11.8 Å². The second-order valence-electron chi connectivity index (χ2n) is 3.33. The van der Waals surface area contributed by atoms with Gasteiger partial charge in [0.1, 0.15) is 0 Å². The Morgan fingerprint density at radius 1 is 1.57 bits per heavy atom. The summed E-state index contributed by atoms with van der Waals surface area (Å²) < 4.78 is 0. The molecule has 0 saturated carbocycles. The van der Waals surface area contributed by atoms with E-state index in [2.05, 4.69) is 13.0 Å². The third-order valence-electron chi connectivity index (χ3n) is 2.47. The highest BCUT2D eigenvalue weighted by molar-refractivity contribution is 5.76. The van der Waals surface area contributed by atoms with E-state index < -0.39 is 0 Å². The van der Waals surface area contributed by atoms with Crippen LogP contribution in [0.3, 0.4) is 0 Å². The SMILES string of the molecule is CC.CC1=CCC(/C(C=N)=C/N)CC1. The van der Waals surface area contributed by atoms with Gasteiger partial charge >= 0.3 is 0 Å². The van der Waals surface area contributed by atoms with Crippen molar-refractivity contribution in [3.05, 3.63) is 23.4 Å². The molecule has 0 aromatic carbocycles. The van der Waals surface area contributed by atoms with Crippen LogP contribution in [0.5, 0.6) is 0 Å². The number of hydrogen-bond acceptors (Lipinski definition) is 2. The summed E-state index contributed by atoms with van der Waals surface area (Å²) in [5.41, 5.74) is 7.85. The Bertz CT molecular complexity index is 226. The summed E-state index contributed by atoms with van der Waals surface area (Å²) in [5.74, 6) is 0.483. The van der Waals surface area contributed by atoms with Crippen molar-refractivity contribution in [3.8, 4) is 0 Å². The third-order valence-corrected chi connectivity index (χ3v) is 2.47. The lowest BCUT2D eigenvalue weighted by molar-refractivity contribution is 0.554. The fourth-order valence-electron chi connectivity index (χ4n) is 1.57. The second kappa shape index (κ2) is 7.36. The zero-order valence-corrected chi connectivity index (χ0v) is 9.51. The number of nitrogens with one attached hydrogen (secondary N) is 1. The Morgan fingerprint density at radius 2 is 2.21 bits per heavy atom. The van der Waals surface area contributed by atoms with E-state index >= 15 is 0 Å². The van der Waals surface area contributed by atoms with Crippen molar-refractivity contribution in [2.75, 3.05) is 0 Å². The number of hydrogen-bond donors (Lipinski definition) is 2. The summed E-state index contributed by atoms with van der Waals surface area (Å²) >= 11 is 0. The minimum atomic E-state index is 0.483. The van der Waals surface area contributed by atoms with Gasteiger partial charge in [0.2, 0.25) is 0 Å². The summed E-state index contributed by atoms with van der Waals surface area (Å²) in [6.45, 7) is 6.16. The maximum Gasteiger partial charge on any atom is 0.0227 e. The molecule has 2 nitrogen and oxygen atoms in total. The Kier molecular flexibility index (Phi) is 6.81. The molecular weight excluding hydrogens is 172 g/mol. The molecule has 0 spiro atoms. The first-order chi connectivity index (χ1) is 6.77. The molecule has 1 aliphatic carbocycles. The first-order valence-corrected chi connectivity index (χ1v) is 5.36. The highest BCUT2D eigenvalue weighted by Crippen LogP contribution is 2.27. The molecular formula is C12H22N2. The van der Waals surface area contributed by atoms with E-state index in [0.717, 1.165) is 24.8 Å². The van der Waals surface area contributed by atoms with Crippen molar-refractivity contribution in [1.29, 1.82) is 5.41 Å². The van der Waals surface area contributed by atoms with Crippen molar-refractivity contribution < 1.29 is 0 Å². The molecule has 0 bridgehead atoms. The zero-order valence-electron chi connectivity index (χ0n) is 9.51. The van der Waals surface area contributed by atoms with Gasteiger partial charge in [0, 0.05) is 6.21 Å². The molecule has 1 aliphatic rings. The van der Waals surface area contributed by atoms with Crippen LogP contribution < -0.4 is 5.73 Å². The maximum absolute atomic E-state index is 7.15. The Morgan fingerprint density at radius 3 is 2.57 bits per heavy atom. The predicted octanol–water partition coefficient (Wildman–Crippen LogP) is 3.25. The minimum Gasteiger partial charge on any atom is -0.404 e. The van der Waals surface area contributed by atoms with Gasteiger partial charge in [0.05, 0.1) is 0 Å². The van der Waals surface area contributed by atoms with E-state index in [9.17, 15) is 0 Å². The van der Waals surface area contributed by atoms with Crippen LogP contribution in [0.2, 0.25) is 0 Å². The largest absolute Gasteiger partial charge is 0.404 e. The van der Waals surface area contributed by atoms with Crippen LogP contribution in [-0.4, -0.2) is 6.21 Å². The predicted molar refractivity (Wildman–Crippen MR) is 63.5 cm³/mol. The standard InChI is InChI=1S/C10H16N2.C2H6/c1-8-2-4-9(5-3-8)10(6-11)7-12;1-2/h2,6-7,9,11H,3-5,12H2,1H3;1-2H3/b10-7+,11-6?;. The van der Waals surface area contributed by atoms with E-state index in [-0.39, 0.29) is 0 Å². The monoisotopic (exact) mass is 194 g/mol. The fraction of sp³-hybridized carbons (Fsp3) is 0.583. The summed E-state index contributed by atoms with van der Waals surface area (Å²) in [6.07, 6.45) is 8.52. The minimum absolute atomic E-state index is 0.483. The molecule has 80 valence electrons. The summed E-state index contributed by atoms with van der Waals surface area (Å²) in [7, 11) is 0. The van der Waals surface area contributed by atoms with Gasteiger partial charge in [-0.2, -0.15) is 0 Å². The van der Waals surface area contributed by atoms with Crippen molar-refractivity contribution in [1.82, 2.24) is 0 Å². The van der Waals surface area contributed by atoms with Crippen LogP contribution in [0.25, 0.3) is 0 Å². The molecule has 14 heavy (non-hydrogen) atoms. The van der Waals surface area contributed by atoms with Crippen molar-refractivity contribution >= 4 is 6.21 Å². The number of allylic oxidation sites excluding steroid dienone is 3. The van der Waals surface area contributed by atoms with Gasteiger partial charge in [-0.1, -0.05) is 25.5 Å². The lowest BCUT2D eigenvalue weighted by Crippen LogP contribution is -2.10. The molecule has 0 radical (unpaired) electrons. The second-order valence-corrected chi connectivity index (χ2v) is 3.33. The van der Waals surface area contributed by atoms with Crippen LogP contribution in [0, 0.1) is 11.3 Å². The molecule has 1 unspecified atom stereocenters. The molecule has 1 rings (SSSR count). The lowest BCUT2D eigenvalue weighted by Gasteiger charge is -2.20. The first kappa shape index (κ1) is 12.9. The van der Waals surface area contributed by atoms with Gasteiger partial charge in [-0.15, -0.1) is 0 Å². The van der Waals surface area contributed by atoms with Crippen LogP contribution >= 0.6 is 0 Å². The van der Waals surface area contributed by atoms with Crippen molar-refractivity contribution in [3.63, 3.8) is 0 Å². The average Bonchev–Trinajstić information content (AvgIpc) is 2.25. The molecule has 1 atom stereocenters. The third kappa shape index (κ3) is 3.77. The smallest absolute Gasteiger partial charge is 0.0227 e.